The fourth-order valence-corrected chi connectivity index (χ4v) is 4.93. The van der Waals surface area contributed by atoms with Gasteiger partial charge in [0.25, 0.3) is 0 Å². The van der Waals surface area contributed by atoms with Gasteiger partial charge in [-0.3, -0.25) is 14.6 Å². The third kappa shape index (κ3) is 5.99. The van der Waals surface area contributed by atoms with Gasteiger partial charge in [-0.2, -0.15) is 0 Å². The van der Waals surface area contributed by atoms with Crippen LogP contribution in [0.4, 0.5) is 0 Å². The van der Waals surface area contributed by atoms with E-state index in [9.17, 15) is 9.59 Å². The topological polar surface area (TPSA) is 88.8 Å². The standard InChI is InChI=1S/C25H34N4O4/c1-18-23(19(2)33-27-18)10-11-24(30)28-14-22(32-17-20-7-6-12-26-13-20)15-29(25(31)16-28)21-8-4-3-5-9-21/h6-7,12-13,21-22H,3-5,8-11,14-17H2,1-2H3/t22-/m0/s1. The summed E-state index contributed by atoms with van der Waals surface area (Å²) in [6.45, 7) is 5.21. The first-order valence-electron chi connectivity index (χ1n) is 12.0. The van der Waals surface area contributed by atoms with Crippen LogP contribution in [0.15, 0.2) is 29.0 Å². The Labute approximate surface area is 195 Å². The van der Waals surface area contributed by atoms with Gasteiger partial charge in [0.15, 0.2) is 0 Å². The first kappa shape index (κ1) is 23.4. The number of nitrogens with zero attached hydrogens (tertiary/aromatic N) is 4. The zero-order valence-electron chi connectivity index (χ0n) is 19.7. The number of hydrogen-bond acceptors (Lipinski definition) is 6. The highest BCUT2D eigenvalue weighted by molar-refractivity contribution is 5.85. The molecule has 1 aliphatic heterocycles. The Morgan fingerprint density at radius 3 is 2.73 bits per heavy atom. The normalized spacial score (nSPS) is 20.2. The van der Waals surface area contributed by atoms with Crippen LogP contribution in [0.2, 0.25) is 0 Å². The second-order valence-electron chi connectivity index (χ2n) is 9.21. The number of aryl methyl sites for hydroxylation is 2. The number of pyridine rings is 1. The van der Waals surface area contributed by atoms with Crippen molar-refractivity contribution in [2.24, 2.45) is 0 Å². The molecule has 2 fully saturated rings. The maximum absolute atomic E-state index is 13.2. The molecule has 2 aliphatic rings. The number of rotatable bonds is 7. The van der Waals surface area contributed by atoms with Gasteiger partial charge in [0.05, 0.1) is 24.9 Å². The fraction of sp³-hybridized carbons (Fsp3) is 0.600. The van der Waals surface area contributed by atoms with Crippen LogP contribution in [0.3, 0.4) is 0 Å². The van der Waals surface area contributed by atoms with E-state index < -0.39 is 0 Å². The van der Waals surface area contributed by atoms with E-state index >= 15 is 0 Å². The molecule has 2 aromatic heterocycles. The Morgan fingerprint density at radius 1 is 1.21 bits per heavy atom. The Kier molecular flexibility index (Phi) is 7.75. The van der Waals surface area contributed by atoms with E-state index in [2.05, 4.69) is 10.1 Å². The lowest BCUT2D eigenvalue weighted by Gasteiger charge is -2.34. The van der Waals surface area contributed by atoms with Crippen molar-refractivity contribution in [1.82, 2.24) is 19.9 Å². The summed E-state index contributed by atoms with van der Waals surface area (Å²) < 4.78 is 11.5. The monoisotopic (exact) mass is 454 g/mol. The van der Waals surface area contributed by atoms with E-state index in [1.165, 1.54) is 6.42 Å². The lowest BCUT2D eigenvalue weighted by atomic mass is 9.94. The second kappa shape index (κ2) is 10.9. The van der Waals surface area contributed by atoms with Crippen molar-refractivity contribution in [2.45, 2.75) is 77.5 Å². The molecule has 4 rings (SSSR count). The van der Waals surface area contributed by atoms with E-state index in [0.29, 0.717) is 32.5 Å². The zero-order valence-corrected chi connectivity index (χ0v) is 19.7. The van der Waals surface area contributed by atoms with E-state index in [-0.39, 0.29) is 30.5 Å². The molecule has 0 radical (unpaired) electrons. The molecule has 0 unspecified atom stereocenters. The zero-order chi connectivity index (χ0) is 23.2. The molecular formula is C25H34N4O4. The summed E-state index contributed by atoms with van der Waals surface area (Å²) in [4.78, 5) is 34.2. The van der Waals surface area contributed by atoms with Gasteiger partial charge in [-0.05, 0) is 44.7 Å². The summed E-state index contributed by atoms with van der Waals surface area (Å²) in [6.07, 6.45) is 9.74. The maximum atomic E-state index is 13.2. The molecule has 0 spiro atoms. The number of hydrogen-bond donors (Lipinski definition) is 0. The first-order valence-corrected chi connectivity index (χ1v) is 12.0. The molecule has 3 heterocycles. The van der Waals surface area contributed by atoms with E-state index in [1.54, 1.807) is 17.3 Å². The SMILES string of the molecule is Cc1noc(C)c1CCC(=O)N1CC(=O)N(C2CCCCC2)C[C@@H](OCc2cccnc2)C1. The van der Waals surface area contributed by atoms with Crippen molar-refractivity contribution in [3.05, 3.63) is 47.1 Å². The highest BCUT2D eigenvalue weighted by Crippen LogP contribution is 2.25. The van der Waals surface area contributed by atoms with Gasteiger partial charge in [0.2, 0.25) is 11.8 Å². The third-order valence-electron chi connectivity index (χ3n) is 6.82. The molecule has 0 bridgehead atoms. The first-order chi connectivity index (χ1) is 16.0. The van der Waals surface area contributed by atoms with Crippen LogP contribution < -0.4 is 0 Å². The molecule has 0 N–H and O–H groups in total. The van der Waals surface area contributed by atoms with E-state index in [4.69, 9.17) is 9.26 Å². The van der Waals surface area contributed by atoms with Crippen molar-refractivity contribution < 1.29 is 18.8 Å². The molecular weight excluding hydrogens is 420 g/mol. The Hall–Kier alpha value is -2.74. The Morgan fingerprint density at radius 2 is 2.03 bits per heavy atom. The molecule has 178 valence electrons. The Bertz CT molecular complexity index is 920. The van der Waals surface area contributed by atoms with Gasteiger partial charge < -0.3 is 19.1 Å². The predicted molar refractivity (Wildman–Crippen MR) is 122 cm³/mol. The van der Waals surface area contributed by atoms with Gasteiger partial charge in [0, 0.05) is 43.5 Å². The second-order valence-corrected chi connectivity index (χ2v) is 9.21. The van der Waals surface area contributed by atoms with Crippen LogP contribution in [-0.4, -0.2) is 63.5 Å². The average Bonchev–Trinajstić information content (AvgIpc) is 3.05. The van der Waals surface area contributed by atoms with Gasteiger partial charge in [-0.15, -0.1) is 0 Å². The highest BCUT2D eigenvalue weighted by Gasteiger charge is 2.34. The van der Waals surface area contributed by atoms with Crippen LogP contribution >= 0.6 is 0 Å². The number of amides is 2. The lowest BCUT2D eigenvalue weighted by Crippen LogP contribution is -2.46. The molecule has 1 atom stereocenters. The summed E-state index contributed by atoms with van der Waals surface area (Å²) in [6, 6.07) is 4.10. The number of aromatic nitrogens is 2. The number of ether oxygens (including phenoxy) is 1. The van der Waals surface area contributed by atoms with Crippen LogP contribution in [0.5, 0.6) is 0 Å². The van der Waals surface area contributed by atoms with Crippen molar-refractivity contribution >= 4 is 11.8 Å². The molecule has 0 aromatic carbocycles. The smallest absolute Gasteiger partial charge is 0.242 e. The summed E-state index contributed by atoms with van der Waals surface area (Å²) in [7, 11) is 0. The van der Waals surface area contributed by atoms with Gasteiger partial charge in [-0.25, -0.2) is 0 Å². The molecule has 1 saturated carbocycles. The largest absolute Gasteiger partial charge is 0.370 e. The molecule has 1 saturated heterocycles. The summed E-state index contributed by atoms with van der Waals surface area (Å²) in [5.74, 6) is 0.734. The fourth-order valence-electron chi connectivity index (χ4n) is 4.93. The van der Waals surface area contributed by atoms with Crippen molar-refractivity contribution in [3.8, 4) is 0 Å². The van der Waals surface area contributed by atoms with Gasteiger partial charge in [-0.1, -0.05) is 30.5 Å². The number of carbonyl (C=O) groups is 2. The quantitative estimate of drug-likeness (QED) is 0.638. The van der Waals surface area contributed by atoms with Crippen LogP contribution in [0.25, 0.3) is 0 Å². The van der Waals surface area contributed by atoms with Gasteiger partial charge >= 0.3 is 0 Å². The predicted octanol–water partition coefficient (Wildman–Crippen LogP) is 3.21. The third-order valence-corrected chi connectivity index (χ3v) is 6.82. The highest BCUT2D eigenvalue weighted by atomic mass is 16.5. The molecule has 2 aromatic rings. The molecule has 8 heteroatoms. The minimum Gasteiger partial charge on any atom is -0.370 e. The van der Waals surface area contributed by atoms with Crippen molar-refractivity contribution in [3.63, 3.8) is 0 Å². The van der Waals surface area contributed by atoms with Crippen LogP contribution in [-0.2, 0) is 27.4 Å². The van der Waals surface area contributed by atoms with Crippen molar-refractivity contribution in [1.29, 1.82) is 0 Å². The van der Waals surface area contributed by atoms with Crippen LogP contribution in [0.1, 0.15) is 61.1 Å². The Balaban J connectivity index is 1.45. The average molecular weight is 455 g/mol. The van der Waals surface area contributed by atoms with E-state index in [0.717, 1.165) is 48.3 Å². The molecule has 33 heavy (non-hydrogen) atoms. The van der Waals surface area contributed by atoms with Gasteiger partial charge in [0.1, 0.15) is 5.76 Å². The minimum atomic E-state index is -0.235. The molecule has 8 nitrogen and oxygen atoms in total. The number of carbonyl (C=O) groups excluding carboxylic acids is 2. The summed E-state index contributed by atoms with van der Waals surface area (Å²) in [5.41, 5.74) is 2.76. The van der Waals surface area contributed by atoms with E-state index in [1.807, 2.05) is 30.9 Å². The maximum Gasteiger partial charge on any atom is 0.242 e. The molecule has 1 aliphatic carbocycles. The summed E-state index contributed by atoms with van der Waals surface area (Å²) in [5, 5.41) is 3.97. The minimum absolute atomic E-state index is 0.0278. The lowest BCUT2D eigenvalue weighted by molar-refractivity contribution is -0.140. The summed E-state index contributed by atoms with van der Waals surface area (Å²) >= 11 is 0. The molecule has 2 amide bonds. The van der Waals surface area contributed by atoms with Crippen LogP contribution in [0, 0.1) is 13.8 Å². The van der Waals surface area contributed by atoms with Crippen molar-refractivity contribution in [2.75, 3.05) is 19.6 Å².